The molecule has 0 bridgehead atoms. The van der Waals surface area contributed by atoms with Crippen molar-refractivity contribution in [1.82, 2.24) is 4.90 Å². The lowest BCUT2D eigenvalue weighted by atomic mass is 10.1. The molecule has 0 unspecified atom stereocenters. The number of likely N-dealkylation sites (N-methyl/N-ethyl adjacent to an activating group) is 1. The first-order valence-electron chi connectivity index (χ1n) is 5.89. The van der Waals surface area contributed by atoms with E-state index in [0.717, 1.165) is 19.3 Å². The highest BCUT2D eigenvalue weighted by Gasteiger charge is 2.12. The number of amidine groups is 1. The lowest BCUT2D eigenvalue weighted by molar-refractivity contribution is -0.130. The maximum Gasteiger partial charge on any atom is 0.222 e. The van der Waals surface area contributed by atoms with E-state index < -0.39 is 0 Å². The standard InChI is InChI=1S/C11H23N3O2/c1-3-5-6-7-8-11(15)14(4-2)9-10(12)13-16/h16H,3-9H2,1-2H3,(H2,12,13). The molecule has 0 fully saturated rings. The number of hydrogen-bond acceptors (Lipinski definition) is 3. The van der Waals surface area contributed by atoms with Gasteiger partial charge in [0.15, 0.2) is 5.84 Å². The minimum atomic E-state index is 0.0729. The zero-order chi connectivity index (χ0) is 12.4. The van der Waals surface area contributed by atoms with Crippen molar-refractivity contribution in [2.75, 3.05) is 13.1 Å². The Hall–Kier alpha value is -1.26. The van der Waals surface area contributed by atoms with Crippen molar-refractivity contribution in [3.8, 4) is 0 Å². The highest BCUT2D eigenvalue weighted by atomic mass is 16.4. The third-order valence-electron chi connectivity index (χ3n) is 2.46. The number of oxime groups is 1. The van der Waals surface area contributed by atoms with E-state index in [4.69, 9.17) is 10.9 Å². The maximum atomic E-state index is 11.7. The summed E-state index contributed by atoms with van der Waals surface area (Å²) < 4.78 is 0. The molecule has 5 nitrogen and oxygen atoms in total. The summed E-state index contributed by atoms with van der Waals surface area (Å²) in [5.74, 6) is 0.147. The molecule has 3 N–H and O–H groups in total. The molecule has 0 radical (unpaired) electrons. The third kappa shape index (κ3) is 6.27. The molecule has 0 aromatic carbocycles. The van der Waals surface area contributed by atoms with Crippen LogP contribution in [-0.4, -0.2) is 34.9 Å². The van der Waals surface area contributed by atoms with Crippen molar-refractivity contribution in [3.63, 3.8) is 0 Å². The highest BCUT2D eigenvalue weighted by Crippen LogP contribution is 2.05. The van der Waals surface area contributed by atoms with Gasteiger partial charge in [-0.1, -0.05) is 31.3 Å². The Labute approximate surface area is 97.3 Å². The average molecular weight is 229 g/mol. The second-order valence-electron chi connectivity index (χ2n) is 3.81. The fraction of sp³-hybridized carbons (Fsp3) is 0.818. The molecular weight excluding hydrogens is 206 g/mol. The summed E-state index contributed by atoms with van der Waals surface area (Å²) >= 11 is 0. The van der Waals surface area contributed by atoms with Gasteiger partial charge in [-0.25, -0.2) is 0 Å². The number of rotatable bonds is 8. The number of carbonyl (C=O) groups is 1. The Morgan fingerprint density at radius 2 is 2.00 bits per heavy atom. The predicted molar refractivity (Wildman–Crippen MR) is 64.4 cm³/mol. The van der Waals surface area contributed by atoms with Gasteiger partial charge < -0.3 is 15.8 Å². The Balaban J connectivity index is 3.92. The van der Waals surface area contributed by atoms with Crippen molar-refractivity contribution in [2.24, 2.45) is 10.9 Å². The van der Waals surface area contributed by atoms with E-state index in [2.05, 4.69) is 12.1 Å². The monoisotopic (exact) mass is 229 g/mol. The van der Waals surface area contributed by atoms with Crippen molar-refractivity contribution in [1.29, 1.82) is 0 Å². The van der Waals surface area contributed by atoms with E-state index >= 15 is 0 Å². The quantitative estimate of drug-likeness (QED) is 0.218. The first kappa shape index (κ1) is 14.7. The molecule has 0 saturated heterocycles. The lowest BCUT2D eigenvalue weighted by Gasteiger charge is -2.19. The molecule has 0 aliphatic rings. The smallest absolute Gasteiger partial charge is 0.222 e. The number of nitrogens with two attached hydrogens (primary N) is 1. The fourth-order valence-electron chi connectivity index (χ4n) is 1.46. The normalized spacial score (nSPS) is 11.5. The number of unbranched alkanes of at least 4 members (excludes halogenated alkanes) is 3. The van der Waals surface area contributed by atoms with Gasteiger partial charge in [0.25, 0.3) is 0 Å². The van der Waals surface area contributed by atoms with Gasteiger partial charge in [0.05, 0.1) is 6.54 Å². The Morgan fingerprint density at radius 3 is 2.50 bits per heavy atom. The molecule has 0 heterocycles. The van der Waals surface area contributed by atoms with Gasteiger partial charge in [-0.3, -0.25) is 4.79 Å². The van der Waals surface area contributed by atoms with Crippen LogP contribution in [0.5, 0.6) is 0 Å². The van der Waals surface area contributed by atoms with Crippen LogP contribution in [0.25, 0.3) is 0 Å². The molecule has 0 spiro atoms. The molecule has 5 heteroatoms. The molecule has 94 valence electrons. The largest absolute Gasteiger partial charge is 0.409 e. The molecule has 0 aliphatic heterocycles. The van der Waals surface area contributed by atoms with Crippen LogP contribution < -0.4 is 5.73 Å². The topological polar surface area (TPSA) is 78.9 Å². The molecule has 1 amide bonds. The van der Waals surface area contributed by atoms with Crippen LogP contribution in [0.4, 0.5) is 0 Å². The second-order valence-corrected chi connectivity index (χ2v) is 3.81. The van der Waals surface area contributed by atoms with Gasteiger partial charge in [0.1, 0.15) is 0 Å². The third-order valence-corrected chi connectivity index (χ3v) is 2.46. The molecular formula is C11H23N3O2. The van der Waals surface area contributed by atoms with Gasteiger partial charge in [-0.15, -0.1) is 0 Å². The van der Waals surface area contributed by atoms with E-state index in [1.807, 2.05) is 6.92 Å². The molecule has 0 aromatic rings. The Kier molecular flexibility index (Phi) is 8.29. The first-order chi connectivity index (χ1) is 7.65. The Bertz CT molecular complexity index is 229. The summed E-state index contributed by atoms with van der Waals surface area (Å²) in [5.41, 5.74) is 5.37. The highest BCUT2D eigenvalue weighted by molar-refractivity contribution is 5.86. The van der Waals surface area contributed by atoms with Gasteiger partial charge in [-0.2, -0.15) is 0 Å². The van der Waals surface area contributed by atoms with Crippen LogP contribution in [0, 0.1) is 0 Å². The predicted octanol–water partition coefficient (Wildman–Crippen LogP) is 1.55. The van der Waals surface area contributed by atoms with E-state index in [-0.39, 0.29) is 18.3 Å². The first-order valence-corrected chi connectivity index (χ1v) is 5.89. The zero-order valence-electron chi connectivity index (χ0n) is 10.3. The summed E-state index contributed by atoms with van der Waals surface area (Å²) in [4.78, 5) is 13.3. The lowest BCUT2D eigenvalue weighted by Crippen LogP contribution is -2.38. The average Bonchev–Trinajstić information content (AvgIpc) is 2.30. The zero-order valence-corrected chi connectivity index (χ0v) is 10.3. The van der Waals surface area contributed by atoms with Crippen LogP contribution >= 0.6 is 0 Å². The molecule has 0 atom stereocenters. The fourth-order valence-corrected chi connectivity index (χ4v) is 1.46. The van der Waals surface area contributed by atoms with Crippen molar-refractivity contribution < 1.29 is 10.0 Å². The summed E-state index contributed by atoms with van der Waals surface area (Å²) in [7, 11) is 0. The van der Waals surface area contributed by atoms with E-state index in [0.29, 0.717) is 13.0 Å². The van der Waals surface area contributed by atoms with Crippen LogP contribution in [0.2, 0.25) is 0 Å². The number of carbonyl (C=O) groups excluding carboxylic acids is 1. The van der Waals surface area contributed by atoms with Crippen LogP contribution in [0.15, 0.2) is 5.16 Å². The van der Waals surface area contributed by atoms with Gasteiger partial charge in [0.2, 0.25) is 5.91 Å². The molecule has 0 saturated carbocycles. The van der Waals surface area contributed by atoms with Crippen molar-refractivity contribution >= 4 is 11.7 Å². The van der Waals surface area contributed by atoms with Crippen LogP contribution in [0.1, 0.15) is 46.0 Å². The minimum absolute atomic E-state index is 0.0729. The second kappa shape index (κ2) is 9.00. The van der Waals surface area contributed by atoms with Gasteiger partial charge in [-0.05, 0) is 13.3 Å². The summed E-state index contributed by atoms with van der Waals surface area (Å²) in [5, 5.41) is 11.3. The number of amides is 1. The van der Waals surface area contributed by atoms with Gasteiger partial charge in [0, 0.05) is 13.0 Å². The van der Waals surface area contributed by atoms with Crippen LogP contribution in [-0.2, 0) is 4.79 Å². The summed E-state index contributed by atoms with van der Waals surface area (Å²) in [6.45, 7) is 4.82. The van der Waals surface area contributed by atoms with Gasteiger partial charge >= 0.3 is 0 Å². The molecule has 0 aromatic heterocycles. The Morgan fingerprint density at radius 1 is 1.31 bits per heavy atom. The number of hydrogen-bond donors (Lipinski definition) is 2. The van der Waals surface area contributed by atoms with E-state index in [9.17, 15) is 4.79 Å². The summed E-state index contributed by atoms with van der Waals surface area (Å²) in [6, 6.07) is 0. The molecule has 0 rings (SSSR count). The minimum Gasteiger partial charge on any atom is -0.409 e. The molecule has 0 aliphatic carbocycles. The maximum absolute atomic E-state index is 11.7. The number of nitrogens with zero attached hydrogens (tertiary/aromatic N) is 2. The van der Waals surface area contributed by atoms with E-state index in [1.165, 1.54) is 6.42 Å². The van der Waals surface area contributed by atoms with E-state index in [1.54, 1.807) is 4.90 Å². The molecule has 16 heavy (non-hydrogen) atoms. The van der Waals surface area contributed by atoms with Crippen LogP contribution in [0.3, 0.4) is 0 Å². The SMILES string of the molecule is CCCCCCC(=O)N(CC)CC(N)=NO. The van der Waals surface area contributed by atoms with Crippen molar-refractivity contribution in [2.45, 2.75) is 46.0 Å². The summed E-state index contributed by atoms with van der Waals surface area (Å²) in [6.07, 6.45) is 4.88. The van der Waals surface area contributed by atoms with Crippen molar-refractivity contribution in [3.05, 3.63) is 0 Å².